The fourth-order valence-electron chi connectivity index (χ4n) is 1.69. The predicted octanol–water partition coefficient (Wildman–Crippen LogP) is 1.56. The SMILES string of the molecule is CN(C)CCNC(C(=O)O)c1ccccc1OC(F)F. The molecular formula is C13H18F2N2O3. The Labute approximate surface area is 116 Å². The molecule has 0 spiro atoms. The van der Waals surface area contributed by atoms with Crippen molar-refractivity contribution in [2.24, 2.45) is 0 Å². The molecule has 1 aromatic carbocycles. The molecule has 20 heavy (non-hydrogen) atoms. The molecule has 0 aliphatic heterocycles. The van der Waals surface area contributed by atoms with Crippen LogP contribution >= 0.6 is 0 Å². The van der Waals surface area contributed by atoms with Crippen molar-refractivity contribution in [1.29, 1.82) is 0 Å². The van der Waals surface area contributed by atoms with E-state index in [0.29, 0.717) is 13.1 Å². The summed E-state index contributed by atoms with van der Waals surface area (Å²) in [6.45, 7) is -1.96. The molecule has 1 atom stereocenters. The third kappa shape index (κ3) is 5.10. The van der Waals surface area contributed by atoms with Gasteiger partial charge in [0, 0.05) is 18.7 Å². The van der Waals surface area contributed by atoms with Gasteiger partial charge in [0.25, 0.3) is 0 Å². The van der Waals surface area contributed by atoms with E-state index in [1.54, 1.807) is 6.07 Å². The van der Waals surface area contributed by atoms with E-state index in [4.69, 9.17) is 0 Å². The average Bonchev–Trinajstić information content (AvgIpc) is 2.34. The van der Waals surface area contributed by atoms with Crippen LogP contribution in [0.2, 0.25) is 0 Å². The molecule has 112 valence electrons. The van der Waals surface area contributed by atoms with E-state index in [1.807, 2.05) is 19.0 Å². The second kappa shape index (κ2) is 7.76. The highest BCUT2D eigenvalue weighted by Crippen LogP contribution is 2.26. The zero-order valence-corrected chi connectivity index (χ0v) is 11.3. The molecule has 0 saturated carbocycles. The molecule has 0 aliphatic rings. The van der Waals surface area contributed by atoms with Crippen molar-refractivity contribution < 1.29 is 23.4 Å². The first-order chi connectivity index (χ1) is 9.41. The van der Waals surface area contributed by atoms with Gasteiger partial charge in [-0.1, -0.05) is 18.2 Å². The van der Waals surface area contributed by atoms with Crippen molar-refractivity contribution in [3.63, 3.8) is 0 Å². The summed E-state index contributed by atoms with van der Waals surface area (Å²) in [6, 6.07) is 4.78. The smallest absolute Gasteiger partial charge is 0.387 e. The first-order valence-corrected chi connectivity index (χ1v) is 6.06. The molecule has 2 N–H and O–H groups in total. The van der Waals surface area contributed by atoms with Crippen molar-refractivity contribution in [2.45, 2.75) is 12.7 Å². The maximum absolute atomic E-state index is 12.3. The van der Waals surface area contributed by atoms with Gasteiger partial charge in [0.15, 0.2) is 0 Å². The van der Waals surface area contributed by atoms with Gasteiger partial charge in [-0.05, 0) is 20.2 Å². The second-order valence-electron chi connectivity index (χ2n) is 4.44. The number of aliphatic carboxylic acids is 1. The predicted molar refractivity (Wildman–Crippen MR) is 70.0 cm³/mol. The van der Waals surface area contributed by atoms with Crippen molar-refractivity contribution in [3.8, 4) is 5.75 Å². The normalized spacial score (nSPS) is 12.7. The molecule has 5 nitrogen and oxygen atoms in total. The molecule has 0 amide bonds. The molecule has 0 bridgehead atoms. The van der Waals surface area contributed by atoms with E-state index in [2.05, 4.69) is 10.1 Å². The summed E-state index contributed by atoms with van der Waals surface area (Å²) in [5.74, 6) is -1.28. The number of alkyl halides is 2. The Morgan fingerprint density at radius 1 is 1.40 bits per heavy atom. The zero-order chi connectivity index (χ0) is 15.1. The van der Waals surface area contributed by atoms with Crippen LogP contribution in [-0.2, 0) is 4.79 Å². The van der Waals surface area contributed by atoms with Gasteiger partial charge in [0.05, 0.1) is 0 Å². The van der Waals surface area contributed by atoms with E-state index in [0.717, 1.165) is 0 Å². The minimum absolute atomic E-state index is 0.132. The van der Waals surface area contributed by atoms with Gasteiger partial charge in [-0.15, -0.1) is 0 Å². The highest BCUT2D eigenvalue weighted by molar-refractivity contribution is 5.76. The number of likely N-dealkylation sites (N-methyl/N-ethyl adjacent to an activating group) is 1. The third-order valence-electron chi connectivity index (χ3n) is 2.60. The van der Waals surface area contributed by atoms with Crippen molar-refractivity contribution in [1.82, 2.24) is 10.2 Å². The Balaban J connectivity index is 2.88. The Kier molecular flexibility index (Phi) is 6.33. The summed E-state index contributed by atoms with van der Waals surface area (Å²) < 4.78 is 29.0. The lowest BCUT2D eigenvalue weighted by Gasteiger charge is -2.19. The molecule has 1 rings (SSSR count). The minimum atomic E-state index is -2.99. The van der Waals surface area contributed by atoms with Gasteiger partial charge in [0.1, 0.15) is 11.8 Å². The number of hydrogen-bond acceptors (Lipinski definition) is 4. The molecule has 0 aliphatic carbocycles. The van der Waals surface area contributed by atoms with Gasteiger partial charge in [-0.3, -0.25) is 10.1 Å². The summed E-state index contributed by atoms with van der Waals surface area (Å²) in [7, 11) is 3.70. The van der Waals surface area contributed by atoms with Gasteiger partial charge >= 0.3 is 12.6 Å². The van der Waals surface area contributed by atoms with Crippen LogP contribution in [0.1, 0.15) is 11.6 Å². The number of rotatable bonds is 8. The van der Waals surface area contributed by atoms with Gasteiger partial charge in [-0.2, -0.15) is 8.78 Å². The average molecular weight is 288 g/mol. The fraction of sp³-hybridized carbons (Fsp3) is 0.462. The van der Waals surface area contributed by atoms with E-state index >= 15 is 0 Å². The Bertz CT molecular complexity index is 441. The van der Waals surface area contributed by atoms with Crippen molar-refractivity contribution in [2.75, 3.05) is 27.2 Å². The Morgan fingerprint density at radius 2 is 2.05 bits per heavy atom. The number of carboxylic acid groups (broad SMARTS) is 1. The lowest BCUT2D eigenvalue weighted by Crippen LogP contribution is -2.34. The number of nitrogens with one attached hydrogen (secondary N) is 1. The maximum Gasteiger partial charge on any atom is 0.387 e. The topological polar surface area (TPSA) is 61.8 Å². The third-order valence-corrected chi connectivity index (χ3v) is 2.60. The molecule has 0 saturated heterocycles. The number of benzene rings is 1. The number of carboxylic acids is 1. The molecule has 1 aromatic rings. The standard InChI is InChI=1S/C13H18F2N2O3/c1-17(2)8-7-16-11(12(18)19)9-5-3-4-6-10(9)20-13(14)15/h3-6,11,13,16H,7-8H2,1-2H3,(H,18,19). The lowest BCUT2D eigenvalue weighted by molar-refractivity contribution is -0.139. The van der Waals surface area contributed by atoms with Crippen LogP contribution in [0.5, 0.6) is 5.75 Å². The van der Waals surface area contributed by atoms with Gasteiger partial charge < -0.3 is 14.7 Å². The highest BCUT2D eigenvalue weighted by Gasteiger charge is 2.23. The lowest BCUT2D eigenvalue weighted by atomic mass is 10.1. The number of ether oxygens (including phenoxy) is 1. The van der Waals surface area contributed by atoms with E-state index in [9.17, 15) is 18.7 Å². The van der Waals surface area contributed by atoms with Crippen molar-refractivity contribution >= 4 is 5.97 Å². The van der Waals surface area contributed by atoms with E-state index in [1.165, 1.54) is 18.2 Å². The van der Waals surface area contributed by atoms with Crippen LogP contribution < -0.4 is 10.1 Å². The molecule has 0 fully saturated rings. The summed E-state index contributed by atoms with van der Waals surface area (Å²) in [5.41, 5.74) is 0.180. The van der Waals surface area contributed by atoms with E-state index < -0.39 is 18.6 Å². The van der Waals surface area contributed by atoms with Gasteiger partial charge in [0.2, 0.25) is 0 Å². The zero-order valence-electron chi connectivity index (χ0n) is 11.3. The summed E-state index contributed by atoms with van der Waals surface area (Å²) in [6.07, 6.45) is 0. The fourth-order valence-corrected chi connectivity index (χ4v) is 1.69. The molecule has 0 radical (unpaired) electrons. The minimum Gasteiger partial charge on any atom is -0.480 e. The largest absolute Gasteiger partial charge is 0.480 e. The second-order valence-corrected chi connectivity index (χ2v) is 4.44. The Morgan fingerprint density at radius 3 is 2.60 bits per heavy atom. The monoisotopic (exact) mass is 288 g/mol. The number of halogens is 2. The number of para-hydroxylation sites is 1. The molecule has 0 aromatic heterocycles. The number of carbonyl (C=O) groups is 1. The quantitative estimate of drug-likeness (QED) is 0.760. The molecule has 7 heteroatoms. The number of nitrogens with zero attached hydrogens (tertiary/aromatic N) is 1. The summed E-state index contributed by atoms with van der Waals surface area (Å²) in [5, 5.41) is 12.0. The molecular weight excluding hydrogens is 270 g/mol. The first-order valence-electron chi connectivity index (χ1n) is 6.06. The van der Waals surface area contributed by atoms with Crippen LogP contribution in [0.4, 0.5) is 8.78 Å². The van der Waals surface area contributed by atoms with E-state index in [-0.39, 0.29) is 11.3 Å². The van der Waals surface area contributed by atoms with Crippen LogP contribution in [0.25, 0.3) is 0 Å². The number of hydrogen-bond donors (Lipinski definition) is 2. The molecule has 0 heterocycles. The summed E-state index contributed by atoms with van der Waals surface area (Å²) >= 11 is 0. The Hall–Kier alpha value is -1.73. The highest BCUT2D eigenvalue weighted by atomic mass is 19.3. The summed E-state index contributed by atoms with van der Waals surface area (Å²) in [4.78, 5) is 13.2. The maximum atomic E-state index is 12.3. The van der Waals surface area contributed by atoms with Crippen LogP contribution in [-0.4, -0.2) is 49.8 Å². The molecule has 1 unspecified atom stereocenters. The first kappa shape index (κ1) is 16.3. The van der Waals surface area contributed by atoms with Crippen LogP contribution in [0.3, 0.4) is 0 Å². The van der Waals surface area contributed by atoms with Crippen LogP contribution in [0, 0.1) is 0 Å². The van der Waals surface area contributed by atoms with Gasteiger partial charge in [-0.25, -0.2) is 0 Å². The van der Waals surface area contributed by atoms with Crippen LogP contribution in [0.15, 0.2) is 24.3 Å². The van der Waals surface area contributed by atoms with Crippen molar-refractivity contribution in [3.05, 3.63) is 29.8 Å².